The molecule has 2 atom stereocenters. The number of hydrogen-bond acceptors (Lipinski definition) is 4. The van der Waals surface area contributed by atoms with E-state index in [1.54, 1.807) is 6.07 Å². The van der Waals surface area contributed by atoms with E-state index in [-0.39, 0.29) is 5.88 Å². The maximum Gasteiger partial charge on any atom is 0.433 e. The highest BCUT2D eigenvalue weighted by Gasteiger charge is 2.41. The van der Waals surface area contributed by atoms with Crippen LogP contribution in [0.3, 0.4) is 0 Å². The van der Waals surface area contributed by atoms with Crippen molar-refractivity contribution in [2.75, 3.05) is 0 Å². The minimum absolute atomic E-state index is 0.230. The predicted molar refractivity (Wildman–Crippen MR) is 98.1 cm³/mol. The van der Waals surface area contributed by atoms with Gasteiger partial charge in [-0.1, -0.05) is 0 Å². The second-order valence-corrected chi connectivity index (χ2v) is 7.80. The van der Waals surface area contributed by atoms with Gasteiger partial charge in [-0.3, -0.25) is 10.1 Å². The van der Waals surface area contributed by atoms with Crippen LogP contribution >= 0.6 is 22.6 Å². The van der Waals surface area contributed by atoms with Crippen LogP contribution in [-0.2, 0) is 0 Å². The smallest absolute Gasteiger partial charge is 0.399 e. The van der Waals surface area contributed by atoms with Crippen LogP contribution in [0.15, 0.2) is 34.7 Å². The summed E-state index contributed by atoms with van der Waals surface area (Å²) in [6.45, 7) is 0. The topological polar surface area (TPSA) is 69.2 Å². The van der Waals surface area contributed by atoms with E-state index in [4.69, 9.17) is 9.40 Å². The molecule has 0 N–H and O–H groups in total. The highest BCUT2D eigenvalue weighted by Crippen LogP contribution is 2.57. The predicted octanol–water partition coefficient (Wildman–Crippen LogP) is 5.37. The van der Waals surface area contributed by atoms with Crippen LogP contribution in [0.2, 0.25) is 0 Å². The van der Waals surface area contributed by atoms with E-state index in [1.165, 1.54) is 39.0 Å². The maximum atomic E-state index is 10.9. The quantitative estimate of drug-likeness (QED) is 0.310. The molecule has 0 spiro atoms. The Morgan fingerprint density at radius 3 is 2.71 bits per heavy atom. The lowest BCUT2D eigenvalue weighted by molar-refractivity contribution is -0.401. The molecule has 2 aromatic heterocycles. The molecule has 2 unspecified atom stereocenters. The van der Waals surface area contributed by atoms with Gasteiger partial charge < -0.3 is 4.42 Å². The molecule has 0 amide bonds. The summed E-state index contributed by atoms with van der Waals surface area (Å²) in [5, 5.41) is 12.2. The third kappa shape index (κ3) is 1.95. The summed E-state index contributed by atoms with van der Waals surface area (Å²) in [4.78, 5) is 15.3. The molecular weight excluding hydrogens is 419 g/mol. The Hall–Kier alpha value is -1.96. The highest BCUT2D eigenvalue weighted by molar-refractivity contribution is 14.1. The van der Waals surface area contributed by atoms with Crippen molar-refractivity contribution in [2.24, 2.45) is 0 Å². The number of hydrogen-bond donors (Lipinski definition) is 0. The van der Waals surface area contributed by atoms with Gasteiger partial charge in [0.2, 0.25) is 0 Å². The Morgan fingerprint density at radius 2 is 1.96 bits per heavy atom. The van der Waals surface area contributed by atoms with E-state index in [2.05, 4.69) is 28.7 Å². The van der Waals surface area contributed by atoms with Gasteiger partial charge in [0.05, 0.1) is 11.6 Å². The van der Waals surface area contributed by atoms with Crippen molar-refractivity contribution in [1.29, 1.82) is 0 Å². The Morgan fingerprint density at radius 1 is 1.17 bits per heavy atom. The van der Waals surface area contributed by atoms with Crippen molar-refractivity contribution in [1.82, 2.24) is 4.98 Å². The molecule has 5 nitrogen and oxygen atoms in total. The van der Waals surface area contributed by atoms with Crippen molar-refractivity contribution >= 4 is 39.4 Å². The van der Waals surface area contributed by atoms with Crippen LogP contribution in [-0.4, -0.2) is 9.91 Å². The Labute approximate surface area is 151 Å². The molecule has 0 saturated heterocycles. The molecule has 5 rings (SSSR count). The van der Waals surface area contributed by atoms with Gasteiger partial charge >= 0.3 is 5.88 Å². The number of halogens is 1. The van der Waals surface area contributed by atoms with Crippen molar-refractivity contribution in [3.63, 3.8) is 0 Å². The molecular formula is C18H13IN2O3. The molecule has 3 aromatic rings. The molecule has 24 heavy (non-hydrogen) atoms. The van der Waals surface area contributed by atoms with Gasteiger partial charge in [-0.25, -0.2) is 4.98 Å². The number of fused-ring (bicyclic) bond motifs is 7. The summed E-state index contributed by atoms with van der Waals surface area (Å²) in [6, 6.07) is 9.37. The van der Waals surface area contributed by atoms with Gasteiger partial charge in [0, 0.05) is 8.96 Å². The molecule has 2 bridgehead atoms. The number of nitrogens with zero attached hydrogens (tertiary/aromatic N) is 2. The number of rotatable bonds is 2. The lowest BCUT2D eigenvalue weighted by Crippen LogP contribution is -2.04. The van der Waals surface area contributed by atoms with Gasteiger partial charge in [0.1, 0.15) is 10.6 Å². The third-order valence-electron chi connectivity index (χ3n) is 5.28. The monoisotopic (exact) mass is 432 g/mol. The molecule has 1 fully saturated rings. The van der Waals surface area contributed by atoms with E-state index in [0.29, 0.717) is 17.6 Å². The van der Waals surface area contributed by atoms with Crippen LogP contribution < -0.4 is 0 Å². The van der Waals surface area contributed by atoms with Crippen LogP contribution in [0.1, 0.15) is 42.2 Å². The number of benzene rings is 1. The fourth-order valence-corrected chi connectivity index (χ4v) is 4.87. The Balaban J connectivity index is 1.82. The largest absolute Gasteiger partial charge is 0.433 e. The van der Waals surface area contributed by atoms with Gasteiger partial charge in [0.25, 0.3) is 0 Å². The normalized spacial score (nSPS) is 21.4. The summed E-state index contributed by atoms with van der Waals surface area (Å²) in [7, 11) is 0. The zero-order chi connectivity index (χ0) is 16.4. The number of aromatic nitrogens is 1. The second-order valence-electron chi connectivity index (χ2n) is 6.55. The SMILES string of the molecule is O=[N+]([O-])c1ccc(-c2nc3ccc(I)cc3c3c2C2CCC3C2)o1. The fraction of sp³-hybridized carbons (Fsp3) is 0.278. The number of furan rings is 1. The van der Waals surface area contributed by atoms with Gasteiger partial charge in [0.15, 0.2) is 5.76 Å². The number of nitro groups is 1. The van der Waals surface area contributed by atoms with Crippen LogP contribution in [0.5, 0.6) is 0 Å². The summed E-state index contributed by atoms with van der Waals surface area (Å²) < 4.78 is 6.68. The summed E-state index contributed by atoms with van der Waals surface area (Å²) in [5.74, 6) is 1.36. The molecule has 0 radical (unpaired) electrons. The lowest BCUT2D eigenvalue weighted by atomic mass is 9.87. The van der Waals surface area contributed by atoms with Gasteiger partial charge in [-0.2, -0.15) is 0 Å². The Kier molecular flexibility index (Phi) is 3.01. The zero-order valence-electron chi connectivity index (χ0n) is 12.7. The Bertz CT molecular complexity index is 1010. The first-order valence-corrected chi connectivity index (χ1v) is 9.07. The average molecular weight is 432 g/mol. The molecule has 2 heterocycles. The zero-order valence-corrected chi connectivity index (χ0v) is 14.8. The first-order valence-electron chi connectivity index (χ1n) is 7.99. The van der Waals surface area contributed by atoms with E-state index in [1.807, 2.05) is 12.1 Å². The van der Waals surface area contributed by atoms with Crippen molar-refractivity contribution in [3.05, 3.63) is 55.1 Å². The third-order valence-corrected chi connectivity index (χ3v) is 5.95. The van der Waals surface area contributed by atoms with Crippen molar-refractivity contribution < 1.29 is 9.34 Å². The minimum atomic E-state index is -0.501. The molecule has 120 valence electrons. The highest BCUT2D eigenvalue weighted by atomic mass is 127. The van der Waals surface area contributed by atoms with Crippen LogP contribution in [0.4, 0.5) is 5.88 Å². The lowest BCUT2D eigenvalue weighted by Gasteiger charge is -2.20. The van der Waals surface area contributed by atoms with Crippen LogP contribution in [0, 0.1) is 13.7 Å². The van der Waals surface area contributed by atoms with E-state index in [0.717, 1.165) is 17.6 Å². The van der Waals surface area contributed by atoms with Crippen LogP contribution in [0.25, 0.3) is 22.4 Å². The molecule has 0 aliphatic heterocycles. The van der Waals surface area contributed by atoms with Gasteiger partial charge in [-0.15, -0.1) is 0 Å². The molecule has 1 saturated carbocycles. The first-order chi connectivity index (χ1) is 11.6. The molecule has 2 aliphatic carbocycles. The van der Waals surface area contributed by atoms with Gasteiger partial charge in [-0.05, 0) is 89.1 Å². The van der Waals surface area contributed by atoms with Crippen molar-refractivity contribution in [3.8, 4) is 11.5 Å². The summed E-state index contributed by atoms with van der Waals surface area (Å²) in [6.07, 6.45) is 3.56. The standard InChI is InChI=1S/C18H13IN2O3/c19-11-3-4-13-12(8-11)16-9-1-2-10(7-9)17(16)18(20-13)14-5-6-15(24-14)21(22)23/h3-6,8-10H,1-2,7H2. The van der Waals surface area contributed by atoms with E-state index >= 15 is 0 Å². The fourth-order valence-electron chi connectivity index (χ4n) is 4.37. The average Bonchev–Trinajstić information content (AvgIpc) is 3.29. The minimum Gasteiger partial charge on any atom is -0.399 e. The molecule has 2 aliphatic rings. The van der Waals surface area contributed by atoms with Crippen molar-refractivity contribution in [2.45, 2.75) is 31.1 Å². The molecule has 1 aromatic carbocycles. The summed E-state index contributed by atoms with van der Waals surface area (Å²) in [5.41, 5.74) is 4.38. The van der Waals surface area contributed by atoms with E-state index in [9.17, 15) is 10.1 Å². The summed E-state index contributed by atoms with van der Waals surface area (Å²) >= 11 is 2.33. The first kappa shape index (κ1) is 14.4. The second kappa shape index (κ2) is 5.02. The maximum absolute atomic E-state index is 10.9. The molecule has 6 heteroatoms. The van der Waals surface area contributed by atoms with E-state index < -0.39 is 4.92 Å². The number of pyridine rings is 1.